The molecule has 1 aromatic rings. The van der Waals surface area contributed by atoms with Gasteiger partial charge in [0.25, 0.3) is 0 Å². The molecule has 3 heteroatoms. The fourth-order valence-corrected chi connectivity index (χ4v) is 1.68. The first kappa shape index (κ1) is 13.1. The summed E-state index contributed by atoms with van der Waals surface area (Å²) in [4.78, 5) is 11.8. The first-order valence-electron chi connectivity index (χ1n) is 6.60. The fourth-order valence-electron chi connectivity index (χ4n) is 1.68. The van der Waals surface area contributed by atoms with E-state index in [9.17, 15) is 4.79 Å². The molecule has 1 atom stereocenters. The van der Waals surface area contributed by atoms with Crippen LogP contribution >= 0.6 is 0 Å². The van der Waals surface area contributed by atoms with Gasteiger partial charge in [-0.3, -0.25) is 4.79 Å². The van der Waals surface area contributed by atoms with Crippen LogP contribution in [0.2, 0.25) is 0 Å². The average Bonchev–Trinajstić information content (AvgIpc) is 3.19. The highest BCUT2D eigenvalue weighted by Crippen LogP contribution is 2.29. The van der Waals surface area contributed by atoms with Crippen molar-refractivity contribution in [2.24, 2.45) is 5.92 Å². The normalized spacial score (nSPS) is 16.3. The maximum atomic E-state index is 11.8. The lowest BCUT2D eigenvalue weighted by molar-refractivity contribution is -0.132. The molecule has 1 aliphatic rings. The predicted octanol–water partition coefficient (Wildman–Crippen LogP) is 2.43. The van der Waals surface area contributed by atoms with Crippen molar-refractivity contribution in [3.63, 3.8) is 0 Å². The zero-order valence-corrected chi connectivity index (χ0v) is 11.1. The Morgan fingerprint density at radius 2 is 2.06 bits per heavy atom. The molecule has 98 valence electrons. The standard InChI is InChI=1S/C15H21NO2/c1-11-3-5-13(6-4-11)9-16-15(17)12(2)18-10-14-7-8-14/h3-6,12,14H,7-10H2,1-2H3,(H,16,17). The second-order valence-corrected chi connectivity index (χ2v) is 5.12. The van der Waals surface area contributed by atoms with Crippen LogP contribution in [0.15, 0.2) is 24.3 Å². The van der Waals surface area contributed by atoms with Gasteiger partial charge in [-0.2, -0.15) is 0 Å². The van der Waals surface area contributed by atoms with Crippen molar-refractivity contribution >= 4 is 5.91 Å². The maximum absolute atomic E-state index is 11.8. The molecular formula is C15H21NO2. The Morgan fingerprint density at radius 1 is 1.39 bits per heavy atom. The molecule has 1 unspecified atom stereocenters. The highest BCUT2D eigenvalue weighted by atomic mass is 16.5. The van der Waals surface area contributed by atoms with E-state index in [0.29, 0.717) is 12.5 Å². The van der Waals surface area contributed by atoms with Crippen LogP contribution in [0.4, 0.5) is 0 Å². The van der Waals surface area contributed by atoms with Gasteiger partial charge in [-0.15, -0.1) is 0 Å². The number of aryl methyl sites for hydroxylation is 1. The number of hydrogen-bond acceptors (Lipinski definition) is 2. The van der Waals surface area contributed by atoms with Crippen LogP contribution in [0.5, 0.6) is 0 Å². The largest absolute Gasteiger partial charge is 0.368 e. The molecule has 1 N–H and O–H groups in total. The summed E-state index contributed by atoms with van der Waals surface area (Å²) in [5, 5.41) is 2.90. The zero-order chi connectivity index (χ0) is 13.0. The van der Waals surface area contributed by atoms with E-state index < -0.39 is 0 Å². The van der Waals surface area contributed by atoms with Gasteiger partial charge >= 0.3 is 0 Å². The van der Waals surface area contributed by atoms with Gasteiger partial charge in [0.1, 0.15) is 6.10 Å². The van der Waals surface area contributed by atoms with Gasteiger partial charge in [0.2, 0.25) is 5.91 Å². The monoisotopic (exact) mass is 247 g/mol. The van der Waals surface area contributed by atoms with E-state index in [0.717, 1.165) is 12.2 Å². The molecule has 0 aliphatic heterocycles. The molecule has 0 spiro atoms. The molecule has 0 bridgehead atoms. The summed E-state index contributed by atoms with van der Waals surface area (Å²) < 4.78 is 5.52. The molecule has 2 rings (SSSR count). The van der Waals surface area contributed by atoms with Crippen LogP contribution in [-0.4, -0.2) is 18.6 Å². The smallest absolute Gasteiger partial charge is 0.249 e. The van der Waals surface area contributed by atoms with Crippen LogP contribution in [0.25, 0.3) is 0 Å². The molecule has 0 radical (unpaired) electrons. The maximum Gasteiger partial charge on any atom is 0.249 e. The molecule has 0 heterocycles. The lowest BCUT2D eigenvalue weighted by Crippen LogP contribution is -2.34. The molecular weight excluding hydrogens is 226 g/mol. The number of hydrogen-bond donors (Lipinski definition) is 1. The Hall–Kier alpha value is -1.35. The second kappa shape index (κ2) is 6.01. The van der Waals surface area contributed by atoms with Crippen molar-refractivity contribution in [3.8, 4) is 0 Å². The van der Waals surface area contributed by atoms with E-state index in [-0.39, 0.29) is 12.0 Å². The average molecular weight is 247 g/mol. The van der Waals surface area contributed by atoms with Crippen molar-refractivity contribution in [1.82, 2.24) is 5.32 Å². The van der Waals surface area contributed by atoms with Gasteiger partial charge in [0, 0.05) is 6.54 Å². The Labute approximate surface area is 109 Å². The third-order valence-electron chi connectivity index (χ3n) is 3.24. The van der Waals surface area contributed by atoms with Crippen molar-refractivity contribution < 1.29 is 9.53 Å². The summed E-state index contributed by atoms with van der Waals surface area (Å²) in [6, 6.07) is 8.17. The fraction of sp³-hybridized carbons (Fsp3) is 0.533. The Kier molecular flexibility index (Phi) is 4.37. The summed E-state index contributed by atoms with van der Waals surface area (Å²) in [5.41, 5.74) is 2.34. The molecule has 3 nitrogen and oxygen atoms in total. The molecule has 18 heavy (non-hydrogen) atoms. The predicted molar refractivity (Wildman–Crippen MR) is 71.2 cm³/mol. The number of carbonyl (C=O) groups is 1. The summed E-state index contributed by atoms with van der Waals surface area (Å²) in [6.07, 6.45) is 2.14. The van der Waals surface area contributed by atoms with Crippen LogP contribution < -0.4 is 5.32 Å². The van der Waals surface area contributed by atoms with Crippen LogP contribution in [-0.2, 0) is 16.1 Å². The third kappa shape index (κ3) is 4.15. The van der Waals surface area contributed by atoms with E-state index in [1.54, 1.807) is 0 Å². The minimum Gasteiger partial charge on any atom is -0.368 e. The summed E-state index contributed by atoms with van der Waals surface area (Å²) in [7, 11) is 0. The Bertz CT molecular complexity index is 395. The van der Waals surface area contributed by atoms with Gasteiger partial charge in [0.15, 0.2) is 0 Å². The topological polar surface area (TPSA) is 38.3 Å². The highest BCUT2D eigenvalue weighted by Gasteiger charge is 2.23. The number of carbonyl (C=O) groups excluding carboxylic acids is 1. The van der Waals surface area contributed by atoms with Crippen LogP contribution in [0.3, 0.4) is 0 Å². The van der Waals surface area contributed by atoms with Crippen LogP contribution in [0.1, 0.15) is 30.9 Å². The summed E-state index contributed by atoms with van der Waals surface area (Å²) in [5.74, 6) is 0.661. The van der Waals surface area contributed by atoms with Gasteiger partial charge in [-0.05, 0) is 38.2 Å². The molecule has 1 saturated carbocycles. The molecule has 0 aromatic heterocycles. The summed E-state index contributed by atoms with van der Waals surface area (Å²) >= 11 is 0. The number of ether oxygens (including phenoxy) is 1. The van der Waals surface area contributed by atoms with E-state index >= 15 is 0 Å². The first-order valence-corrected chi connectivity index (χ1v) is 6.60. The van der Waals surface area contributed by atoms with E-state index in [4.69, 9.17) is 4.74 Å². The SMILES string of the molecule is Cc1ccc(CNC(=O)C(C)OCC2CC2)cc1. The van der Waals surface area contributed by atoms with Crippen molar-refractivity contribution in [3.05, 3.63) is 35.4 Å². The minimum absolute atomic E-state index is 0.0313. The quantitative estimate of drug-likeness (QED) is 0.838. The molecule has 1 aromatic carbocycles. The van der Waals surface area contributed by atoms with Crippen molar-refractivity contribution in [2.75, 3.05) is 6.61 Å². The van der Waals surface area contributed by atoms with Gasteiger partial charge in [0.05, 0.1) is 6.61 Å². The molecule has 1 aliphatic carbocycles. The van der Waals surface area contributed by atoms with Gasteiger partial charge < -0.3 is 10.1 Å². The third-order valence-corrected chi connectivity index (χ3v) is 3.24. The summed E-state index contributed by atoms with van der Waals surface area (Å²) in [6.45, 7) is 5.15. The van der Waals surface area contributed by atoms with Gasteiger partial charge in [-0.25, -0.2) is 0 Å². The van der Waals surface area contributed by atoms with E-state index in [1.165, 1.54) is 18.4 Å². The second-order valence-electron chi connectivity index (χ2n) is 5.12. The van der Waals surface area contributed by atoms with Crippen molar-refractivity contribution in [1.29, 1.82) is 0 Å². The Morgan fingerprint density at radius 3 is 2.67 bits per heavy atom. The number of benzene rings is 1. The van der Waals surface area contributed by atoms with E-state index in [1.807, 2.05) is 19.1 Å². The van der Waals surface area contributed by atoms with E-state index in [2.05, 4.69) is 24.4 Å². The number of nitrogens with one attached hydrogen (secondary N) is 1. The van der Waals surface area contributed by atoms with Crippen molar-refractivity contribution in [2.45, 2.75) is 39.3 Å². The first-order chi connectivity index (χ1) is 8.65. The lowest BCUT2D eigenvalue weighted by Gasteiger charge is -2.13. The molecule has 1 fully saturated rings. The van der Waals surface area contributed by atoms with Crippen LogP contribution in [0, 0.1) is 12.8 Å². The zero-order valence-electron chi connectivity index (χ0n) is 11.1. The lowest BCUT2D eigenvalue weighted by atomic mass is 10.1. The van der Waals surface area contributed by atoms with Gasteiger partial charge in [-0.1, -0.05) is 29.8 Å². The molecule has 1 amide bonds. The number of rotatable bonds is 6. The Balaban J connectivity index is 1.71. The highest BCUT2D eigenvalue weighted by molar-refractivity contribution is 5.80. The number of amides is 1. The molecule has 0 saturated heterocycles. The minimum atomic E-state index is -0.351.